The second-order valence-electron chi connectivity index (χ2n) is 8.08. The largest absolute Gasteiger partial charge is 0.422 e. The summed E-state index contributed by atoms with van der Waals surface area (Å²) < 4.78 is 5.64. The van der Waals surface area contributed by atoms with E-state index in [0.29, 0.717) is 30.4 Å². The number of Topliss-reactive ketones (excluding diaryl/α,β-unsaturated/α-hetero) is 1. The maximum atomic E-state index is 12.6. The smallest absolute Gasteiger partial charge is 0.339 e. The molecular weight excluding hydrogens is 386 g/mol. The van der Waals surface area contributed by atoms with Gasteiger partial charge < -0.3 is 9.32 Å². The van der Waals surface area contributed by atoms with Crippen molar-refractivity contribution in [3.05, 3.63) is 75.6 Å². The predicted molar refractivity (Wildman–Crippen MR) is 128 cm³/mol. The Hall–Kier alpha value is -2.88. The van der Waals surface area contributed by atoms with Gasteiger partial charge in [-0.3, -0.25) is 4.79 Å². The summed E-state index contributed by atoms with van der Waals surface area (Å²) in [7, 11) is 0. The number of carbonyl (C=O) groups excluding carboxylic acids is 1. The molecule has 0 saturated carbocycles. The molecule has 4 heteroatoms. The number of hydrogen-bond donors (Lipinski definition) is 0. The number of hydrogen-bond acceptors (Lipinski definition) is 4. The van der Waals surface area contributed by atoms with Gasteiger partial charge in [0.25, 0.3) is 0 Å². The van der Waals surface area contributed by atoms with Crippen LogP contribution >= 0.6 is 0 Å². The SMILES string of the molecule is CCN(CC)c1ccc2c(C)c(CCC(=O)CCCCc3ccccc3)c(=O)oc2c1. The second-order valence-corrected chi connectivity index (χ2v) is 8.08. The fourth-order valence-electron chi connectivity index (χ4n) is 4.14. The topological polar surface area (TPSA) is 50.5 Å². The third-order valence-electron chi connectivity index (χ3n) is 6.07. The van der Waals surface area contributed by atoms with Gasteiger partial charge in [0, 0.05) is 48.6 Å². The summed E-state index contributed by atoms with van der Waals surface area (Å²) in [4.78, 5) is 27.2. The van der Waals surface area contributed by atoms with Crippen molar-refractivity contribution in [3.8, 4) is 0 Å². The minimum atomic E-state index is -0.321. The first-order valence-electron chi connectivity index (χ1n) is 11.4. The highest BCUT2D eigenvalue weighted by Crippen LogP contribution is 2.25. The van der Waals surface area contributed by atoms with E-state index in [1.807, 2.05) is 37.3 Å². The molecule has 0 amide bonds. The highest BCUT2D eigenvalue weighted by atomic mass is 16.4. The van der Waals surface area contributed by atoms with Crippen LogP contribution in [0.4, 0.5) is 5.69 Å². The third-order valence-corrected chi connectivity index (χ3v) is 6.07. The van der Waals surface area contributed by atoms with Crippen LogP contribution in [0.15, 0.2) is 57.7 Å². The number of benzene rings is 2. The van der Waals surface area contributed by atoms with E-state index in [9.17, 15) is 9.59 Å². The molecule has 0 fully saturated rings. The van der Waals surface area contributed by atoms with Crippen molar-refractivity contribution < 1.29 is 9.21 Å². The Kier molecular flexibility index (Phi) is 8.05. The van der Waals surface area contributed by atoms with E-state index >= 15 is 0 Å². The van der Waals surface area contributed by atoms with Crippen LogP contribution in [0.3, 0.4) is 0 Å². The molecule has 0 aliphatic rings. The molecule has 0 saturated heterocycles. The van der Waals surface area contributed by atoms with Crippen molar-refractivity contribution >= 4 is 22.4 Å². The Morgan fingerprint density at radius 1 is 0.935 bits per heavy atom. The Morgan fingerprint density at radius 2 is 1.68 bits per heavy atom. The van der Waals surface area contributed by atoms with Crippen LogP contribution in [0, 0.1) is 6.92 Å². The molecule has 0 N–H and O–H groups in total. The molecule has 1 aromatic heterocycles. The molecule has 31 heavy (non-hydrogen) atoms. The van der Waals surface area contributed by atoms with Crippen molar-refractivity contribution in [2.24, 2.45) is 0 Å². The summed E-state index contributed by atoms with van der Waals surface area (Å²) in [6.07, 6.45) is 4.28. The molecule has 0 aliphatic heterocycles. The molecular formula is C27H33NO3. The van der Waals surface area contributed by atoms with Gasteiger partial charge in [-0.25, -0.2) is 4.79 Å². The molecule has 1 heterocycles. The second kappa shape index (κ2) is 10.9. The first-order valence-corrected chi connectivity index (χ1v) is 11.4. The number of anilines is 1. The van der Waals surface area contributed by atoms with E-state index in [1.165, 1.54) is 5.56 Å². The minimum Gasteiger partial charge on any atom is -0.422 e. The number of nitrogens with zero attached hydrogens (tertiary/aromatic N) is 1. The lowest BCUT2D eigenvalue weighted by molar-refractivity contribution is -0.119. The molecule has 164 valence electrons. The maximum Gasteiger partial charge on any atom is 0.339 e. The molecule has 0 spiro atoms. The molecule has 0 radical (unpaired) electrons. The number of unbranched alkanes of at least 4 members (excludes halogenated alkanes) is 1. The quantitative estimate of drug-likeness (QED) is 0.288. The summed E-state index contributed by atoms with van der Waals surface area (Å²) in [6, 6.07) is 16.4. The van der Waals surface area contributed by atoms with Crippen LogP contribution in [-0.4, -0.2) is 18.9 Å². The summed E-state index contributed by atoms with van der Waals surface area (Å²) in [5, 5.41) is 0.945. The van der Waals surface area contributed by atoms with Gasteiger partial charge in [0.1, 0.15) is 11.4 Å². The molecule has 3 rings (SSSR count). The highest BCUT2D eigenvalue weighted by Gasteiger charge is 2.14. The minimum absolute atomic E-state index is 0.212. The van der Waals surface area contributed by atoms with Crippen LogP contribution in [0.5, 0.6) is 0 Å². The van der Waals surface area contributed by atoms with Gasteiger partial charge in [-0.15, -0.1) is 0 Å². The molecule has 4 nitrogen and oxygen atoms in total. The van der Waals surface area contributed by atoms with Gasteiger partial charge in [0.05, 0.1) is 0 Å². The van der Waals surface area contributed by atoms with Crippen LogP contribution in [-0.2, 0) is 17.6 Å². The Bertz CT molecular complexity index is 1070. The van der Waals surface area contributed by atoms with Crippen LogP contribution < -0.4 is 10.5 Å². The van der Waals surface area contributed by atoms with Crippen molar-refractivity contribution in [1.82, 2.24) is 0 Å². The first-order chi connectivity index (χ1) is 15.0. The number of ketones is 1. The Labute approximate surface area is 184 Å². The zero-order chi connectivity index (χ0) is 22.2. The Balaban J connectivity index is 1.60. The lowest BCUT2D eigenvalue weighted by atomic mass is 9.99. The lowest BCUT2D eigenvalue weighted by Gasteiger charge is -2.21. The molecule has 0 aliphatic carbocycles. The molecule has 0 unspecified atom stereocenters. The average molecular weight is 420 g/mol. The van der Waals surface area contributed by atoms with E-state index < -0.39 is 0 Å². The summed E-state index contributed by atoms with van der Waals surface area (Å²) in [5.74, 6) is 0.212. The van der Waals surface area contributed by atoms with E-state index in [1.54, 1.807) is 0 Å². The Morgan fingerprint density at radius 3 is 2.39 bits per heavy atom. The van der Waals surface area contributed by atoms with E-state index in [4.69, 9.17) is 4.42 Å². The number of fused-ring (bicyclic) bond motifs is 1. The van der Waals surface area contributed by atoms with Crippen molar-refractivity contribution in [2.45, 2.75) is 59.3 Å². The molecule has 0 atom stereocenters. The van der Waals surface area contributed by atoms with Crippen molar-refractivity contribution in [3.63, 3.8) is 0 Å². The maximum absolute atomic E-state index is 12.6. The monoisotopic (exact) mass is 419 g/mol. The zero-order valence-electron chi connectivity index (χ0n) is 18.9. The van der Waals surface area contributed by atoms with E-state index in [0.717, 1.165) is 49.0 Å². The summed E-state index contributed by atoms with van der Waals surface area (Å²) in [5.41, 5.74) is 4.21. The van der Waals surface area contributed by atoms with Gasteiger partial charge in [-0.1, -0.05) is 30.3 Å². The lowest BCUT2D eigenvalue weighted by Crippen LogP contribution is -2.21. The van der Waals surface area contributed by atoms with Crippen LogP contribution in [0.2, 0.25) is 0 Å². The number of carbonyl (C=O) groups is 1. The van der Waals surface area contributed by atoms with Gasteiger partial charge in [-0.05, 0) is 69.7 Å². The van der Waals surface area contributed by atoms with Crippen LogP contribution in [0.1, 0.15) is 56.2 Å². The molecule has 3 aromatic rings. The summed E-state index contributed by atoms with van der Waals surface area (Å²) in [6.45, 7) is 7.97. The molecule has 0 bridgehead atoms. The van der Waals surface area contributed by atoms with Crippen molar-refractivity contribution in [1.29, 1.82) is 0 Å². The fourth-order valence-corrected chi connectivity index (χ4v) is 4.14. The fraction of sp³-hybridized carbons (Fsp3) is 0.407. The first kappa shape index (κ1) is 22.8. The van der Waals surface area contributed by atoms with E-state index in [-0.39, 0.29) is 11.4 Å². The average Bonchev–Trinajstić information content (AvgIpc) is 2.78. The normalized spacial score (nSPS) is 11.1. The zero-order valence-corrected chi connectivity index (χ0v) is 18.9. The predicted octanol–water partition coefficient (Wildman–Crippen LogP) is 5.86. The van der Waals surface area contributed by atoms with Crippen LogP contribution in [0.25, 0.3) is 11.0 Å². The van der Waals surface area contributed by atoms with Gasteiger partial charge >= 0.3 is 5.63 Å². The summed E-state index contributed by atoms with van der Waals surface area (Å²) >= 11 is 0. The standard InChI is InChI=1S/C27H33NO3/c1-4-28(5-2)22-15-17-24-20(3)25(27(30)31-26(24)19-22)18-16-23(29)14-10-9-13-21-11-7-6-8-12-21/h6-8,11-12,15,17,19H,4-5,9-10,13-14,16,18H2,1-3H3. The number of aryl methyl sites for hydroxylation is 2. The number of rotatable bonds is 11. The van der Waals surface area contributed by atoms with E-state index in [2.05, 4.69) is 36.9 Å². The van der Waals surface area contributed by atoms with Gasteiger partial charge in [-0.2, -0.15) is 0 Å². The van der Waals surface area contributed by atoms with Gasteiger partial charge in [0.2, 0.25) is 0 Å². The third kappa shape index (κ3) is 5.84. The highest BCUT2D eigenvalue weighted by molar-refractivity contribution is 5.84. The van der Waals surface area contributed by atoms with Crippen molar-refractivity contribution in [2.75, 3.05) is 18.0 Å². The molecule has 2 aromatic carbocycles. The van der Waals surface area contributed by atoms with Gasteiger partial charge in [0.15, 0.2) is 0 Å².